The molecule has 1 amide bonds. The van der Waals surface area contributed by atoms with Gasteiger partial charge in [-0.05, 0) is 32.1 Å². The highest BCUT2D eigenvalue weighted by atomic mass is 16.4. The summed E-state index contributed by atoms with van der Waals surface area (Å²) in [6.45, 7) is 3.08. The normalized spacial score (nSPS) is 30.4. The minimum absolute atomic E-state index is 0.301. The van der Waals surface area contributed by atoms with E-state index in [0.29, 0.717) is 18.8 Å². The van der Waals surface area contributed by atoms with E-state index < -0.39 is 30.0 Å². The Kier molecular flexibility index (Phi) is 5.75. The summed E-state index contributed by atoms with van der Waals surface area (Å²) in [5, 5.41) is 30.2. The Balaban J connectivity index is 2.70. The number of hydrogen-bond acceptors (Lipinski definition) is 4. The van der Waals surface area contributed by atoms with Crippen LogP contribution in [-0.2, 0) is 9.59 Å². The molecule has 0 aliphatic heterocycles. The zero-order chi connectivity index (χ0) is 14.6. The standard InChI is InChI=1S/C13H23NO5/c1-7-3-4-9(10(5-7)13(18)19)12(17)14-11(6-15)8(2)16/h7-11,15-16H,3-6H2,1-2H3,(H,14,17)(H,18,19)/t7?,8-,9?,10?,11-/m1/s1. The third-order valence-corrected chi connectivity index (χ3v) is 3.87. The van der Waals surface area contributed by atoms with Crippen LogP contribution in [0.15, 0.2) is 0 Å². The van der Waals surface area contributed by atoms with E-state index in [0.717, 1.165) is 6.42 Å². The van der Waals surface area contributed by atoms with Crippen LogP contribution in [0.4, 0.5) is 0 Å². The van der Waals surface area contributed by atoms with Crippen LogP contribution in [0.3, 0.4) is 0 Å². The summed E-state index contributed by atoms with van der Waals surface area (Å²) in [6, 6.07) is -0.749. The monoisotopic (exact) mass is 273 g/mol. The molecule has 0 radical (unpaired) electrons. The molecular weight excluding hydrogens is 250 g/mol. The van der Waals surface area contributed by atoms with E-state index >= 15 is 0 Å². The highest BCUT2D eigenvalue weighted by Gasteiger charge is 2.38. The number of carbonyl (C=O) groups is 2. The molecule has 1 aliphatic carbocycles. The van der Waals surface area contributed by atoms with Gasteiger partial charge in [0.25, 0.3) is 0 Å². The summed E-state index contributed by atoms with van der Waals surface area (Å²) in [5.74, 6) is -2.31. The van der Waals surface area contributed by atoms with Crippen molar-refractivity contribution in [1.82, 2.24) is 5.32 Å². The van der Waals surface area contributed by atoms with Gasteiger partial charge in [0, 0.05) is 0 Å². The highest BCUT2D eigenvalue weighted by molar-refractivity contribution is 5.85. The molecule has 0 spiro atoms. The molecular formula is C13H23NO5. The molecule has 0 aromatic carbocycles. The molecule has 0 aromatic rings. The van der Waals surface area contributed by atoms with E-state index in [4.69, 9.17) is 5.11 Å². The van der Waals surface area contributed by atoms with Gasteiger partial charge in [-0.2, -0.15) is 0 Å². The summed E-state index contributed by atoms with van der Waals surface area (Å²) < 4.78 is 0. The zero-order valence-electron chi connectivity index (χ0n) is 11.4. The van der Waals surface area contributed by atoms with Gasteiger partial charge in [0.1, 0.15) is 0 Å². The molecule has 5 atom stereocenters. The predicted octanol–water partition coefficient (Wildman–Crippen LogP) is -0.0187. The van der Waals surface area contributed by atoms with Gasteiger partial charge in [-0.15, -0.1) is 0 Å². The maximum absolute atomic E-state index is 12.1. The topological polar surface area (TPSA) is 107 Å². The second-order valence-electron chi connectivity index (χ2n) is 5.51. The fourth-order valence-corrected chi connectivity index (χ4v) is 2.58. The second-order valence-corrected chi connectivity index (χ2v) is 5.51. The van der Waals surface area contributed by atoms with Gasteiger partial charge < -0.3 is 20.6 Å². The Morgan fingerprint density at radius 1 is 1.32 bits per heavy atom. The van der Waals surface area contributed by atoms with Crippen LogP contribution < -0.4 is 5.32 Å². The first kappa shape index (κ1) is 15.9. The summed E-state index contributed by atoms with van der Waals surface area (Å²) in [5.41, 5.74) is 0. The van der Waals surface area contributed by atoms with E-state index in [2.05, 4.69) is 5.32 Å². The summed E-state index contributed by atoms with van der Waals surface area (Å²) >= 11 is 0. The first-order chi connectivity index (χ1) is 8.86. The average molecular weight is 273 g/mol. The van der Waals surface area contributed by atoms with Crippen molar-refractivity contribution in [2.75, 3.05) is 6.61 Å². The number of aliphatic carboxylic acids is 1. The van der Waals surface area contributed by atoms with Gasteiger partial charge in [-0.1, -0.05) is 6.92 Å². The lowest BCUT2D eigenvalue weighted by molar-refractivity contribution is -0.150. The van der Waals surface area contributed by atoms with Crippen molar-refractivity contribution in [2.24, 2.45) is 17.8 Å². The molecule has 1 rings (SSSR count). The maximum Gasteiger partial charge on any atom is 0.307 e. The summed E-state index contributed by atoms with van der Waals surface area (Å²) in [6.07, 6.45) is 0.966. The van der Waals surface area contributed by atoms with Crippen molar-refractivity contribution in [3.8, 4) is 0 Å². The first-order valence-corrected chi connectivity index (χ1v) is 6.68. The number of hydrogen-bond donors (Lipinski definition) is 4. The van der Waals surface area contributed by atoms with E-state index in [1.807, 2.05) is 6.92 Å². The molecule has 1 aliphatic rings. The molecule has 19 heavy (non-hydrogen) atoms. The molecule has 4 N–H and O–H groups in total. The van der Waals surface area contributed by atoms with Gasteiger partial charge in [-0.3, -0.25) is 9.59 Å². The van der Waals surface area contributed by atoms with Crippen LogP contribution in [0.5, 0.6) is 0 Å². The van der Waals surface area contributed by atoms with Crippen molar-refractivity contribution in [3.05, 3.63) is 0 Å². The predicted molar refractivity (Wildman–Crippen MR) is 68.3 cm³/mol. The number of nitrogens with one attached hydrogen (secondary N) is 1. The lowest BCUT2D eigenvalue weighted by Gasteiger charge is -2.32. The summed E-state index contributed by atoms with van der Waals surface area (Å²) in [4.78, 5) is 23.3. The van der Waals surface area contributed by atoms with Crippen molar-refractivity contribution < 1.29 is 24.9 Å². The molecule has 3 unspecified atom stereocenters. The molecule has 1 fully saturated rings. The Morgan fingerprint density at radius 3 is 2.42 bits per heavy atom. The largest absolute Gasteiger partial charge is 0.481 e. The van der Waals surface area contributed by atoms with Gasteiger partial charge in [-0.25, -0.2) is 0 Å². The third kappa shape index (κ3) is 4.18. The molecule has 0 saturated heterocycles. The molecule has 110 valence electrons. The minimum atomic E-state index is -0.954. The zero-order valence-corrected chi connectivity index (χ0v) is 11.4. The molecule has 0 bridgehead atoms. The lowest BCUT2D eigenvalue weighted by Crippen LogP contribution is -2.49. The minimum Gasteiger partial charge on any atom is -0.481 e. The number of rotatable bonds is 5. The first-order valence-electron chi connectivity index (χ1n) is 6.68. The van der Waals surface area contributed by atoms with Crippen LogP contribution in [0, 0.1) is 17.8 Å². The Morgan fingerprint density at radius 2 is 1.95 bits per heavy atom. The molecule has 6 nitrogen and oxygen atoms in total. The third-order valence-electron chi connectivity index (χ3n) is 3.87. The van der Waals surface area contributed by atoms with Crippen molar-refractivity contribution in [3.63, 3.8) is 0 Å². The molecule has 0 heterocycles. The van der Waals surface area contributed by atoms with E-state index in [-0.39, 0.29) is 12.5 Å². The van der Waals surface area contributed by atoms with Gasteiger partial charge in [0.2, 0.25) is 5.91 Å². The lowest BCUT2D eigenvalue weighted by atomic mass is 9.74. The Labute approximate surface area is 112 Å². The molecule has 1 saturated carbocycles. The molecule has 0 aromatic heterocycles. The van der Waals surface area contributed by atoms with Gasteiger partial charge >= 0.3 is 5.97 Å². The number of carboxylic acid groups (broad SMARTS) is 1. The number of carboxylic acids is 1. The second kappa shape index (κ2) is 6.86. The molecule has 6 heteroatoms. The van der Waals surface area contributed by atoms with Crippen LogP contribution >= 0.6 is 0 Å². The van der Waals surface area contributed by atoms with Gasteiger partial charge in [0.15, 0.2) is 0 Å². The van der Waals surface area contributed by atoms with E-state index in [9.17, 15) is 19.8 Å². The quantitative estimate of drug-likeness (QED) is 0.563. The van der Waals surface area contributed by atoms with Crippen molar-refractivity contribution in [2.45, 2.75) is 45.3 Å². The fourth-order valence-electron chi connectivity index (χ4n) is 2.58. The average Bonchev–Trinajstić information content (AvgIpc) is 2.34. The highest BCUT2D eigenvalue weighted by Crippen LogP contribution is 2.34. The number of aliphatic hydroxyl groups is 2. The van der Waals surface area contributed by atoms with Crippen molar-refractivity contribution >= 4 is 11.9 Å². The summed E-state index contributed by atoms with van der Waals surface area (Å²) in [7, 11) is 0. The van der Waals surface area contributed by atoms with E-state index in [1.165, 1.54) is 6.92 Å². The Hall–Kier alpha value is -1.14. The van der Waals surface area contributed by atoms with Gasteiger partial charge in [0.05, 0.1) is 30.6 Å². The van der Waals surface area contributed by atoms with Crippen LogP contribution in [0.1, 0.15) is 33.1 Å². The fraction of sp³-hybridized carbons (Fsp3) is 0.846. The maximum atomic E-state index is 12.1. The number of carbonyl (C=O) groups excluding carboxylic acids is 1. The van der Waals surface area contributed by atoms with Crippen LogP contribution in [0.25, 0.3) is 0 Å². The number of aliphatic hydroxyl groups excluding tert-OH is 2. The van der Waals surface area contributed by atoms with Crippen molar-refractivity contribution in [1.29, 1.82) is 0 Å². The van der Waals surface area contributed by atoms with E-state index in [1.54, 1.807) is 0 Å². The number of amides is 1. The van der Waals surface area contributed by atoms with Crippen LogP contribution in [0.2, 0.25) is 0 Å². The smallest absolute Gasteiger partial charge is 0.307 e. The SMILES string of the molecule is CC1CCC(C(=O)N[C@H](CO)[C@@H](C)O)C(C(=O)O)C1. The van der Waals surface area contributed by atoms with Crippen LogP contribution in [-0.4, -0.2) is 45.9 Å². The Bertz CT molecular complexity index is 331.